The topological polar surface area (TPSA) is 55.1 Å². The molecule has 3 aromatic rings. The van der Waals surface area contributed by atoms with Crippen LogP contribution in [0.1, 0.15) is 36.4 Å². The summed E-state index contributed by atoms with van der Waals surface area (Å²) < 4.78 is 5.87. The zero-order chi connectivity index (χ0) is 17.5. The molecular formula is C22H20N2O2. The van der Waals surface area contributed by atoms with Crippen LogP contribution in [0.3, 0.4) is 0 Å². The smallest absolute Gasteiger partial charge is 0.220 e. The van der Waals surface area contributed by atoms with Crippen molar-refractivity contribution < 1.29 is 9.21 Å². The number of rotatable bonds is 4. The molecule has 0 spiro atoms. The SMILES string of the molecule is O=C1C(c2nc3ccccc3o2)NC(c2ccccc2)C1/C=C/C1CC1. The van der Waals surface area contributed by atoms with E-state index in [4.69, 9.17) is 4.42 Å². The minimum Gasteiger partial charge on any atom is -0.438 e. The van der Waals surface area contributed by atoms with Gasteiger partial charge in [0.1, 0.15) is 11.6 Å². The number of benzene rings is 2. The second-order valence-electron chi connectivity index (χ2n) is 7.16. The van der Waals surface area contributed by atoms with E-state index in [1.807, 2.05) is 42.5 Å². The van der Waals surface area contributed by atoms with Gasteiger partial charge < -0.3 is 4.42 Å². The Bertz CT molecular complexity index is 939. The molecule has 2 heterocycles. The molecule has 5 rings (SSSR count). The maximum atomic E-state index is 13.2. The number of para-hydroxylation sites is 2. The Morgan fingerprint density at radius 3 is 2.54 bits per heavy atom. The first-order chi connectivity index (χ1) is 12.8. The number of hydrogen-bond acceptors (Lipinski definition) is 4. The molecule has 4 nitrogen and oxygen atoms in total. The number of aromatic nitrogens is 1. The lowest BCUT2D eigenvalue weighted by Gasteiger charge is -2.15. The quantitative estimate of drug-likeness (QED) is 0.714. The van der Waals surface area contributed by atoms with Gasteiger partial charge in [-0.05, 0) is 36.5 Å². The highest BCUT2D eigenvalue weighted by Gasteiger charge is 2.44. The Morgan fingerprint density at radius 1 is 1.00 bits per heavy atom. The molecule has 1 saturated carbocycles. The van der Waals surface area contributed by atoms with Gasteiger partial charge in [-0.15, -0.1) is 0 Å². The molecule has 3 atom stereocenters. The third-order valence-electron chi connectivity index (χ3n) is 5.25. The van der Waals surface area contributed by atoms with Crippen LogP contribution < -0.4 is 5.32 Å². The van der Waals surface area contributed by atoms with Crippen LogP contribution in [-0.4, -0.2) is 10.8 Å². The molecule has 26 heavy (non-hydrogen) atoms. The van der Waals surface area contributed by atoms with Crippen molar-refractivity contribution in [3.8, 4) is 0 Å². The lowest BCUT2D eigenvalue weighted by molar-refractivity contribution is -0.121. The number of ketones is 1. The molecule has 130 valence electrons. The molecule has 0 bridgehead atoms. The molecule has 1 aliphatic carbocycles. The Hall–Kier alpha value is -2.72. The molecule has 0 amide bonds. The molecule has 1 aliphatic heterocycles. The van der Waals surface area contributed by atoms with Crippen molar-refractivity contribution in [2.24, 2.45) is 11.8 Å². The molecule has 2 aliphatic rings. The number of nitrogens with one attached hydrogen (secondary N) is 1. The van der Waals surface area contributed by atoms with Gasteiger partial charge in [-0.2, -0.15) is 0 Å². The lowest BCUT2D eigenvalue weighted by atomic mass is 9.91. The normalized spacial score (nSPS) is 26.2. The van der Waals surface area contributed by atoms with E-state index in [0.29, 0.717) is 17.4 Å². The molecule has 2 aromatic carbocycles. The first kappa shape index (κ1) is 15.5. The monoisotopic (exact) mass is 344 g/mol. The average Bonchev–Trinajstić information content (AvgIpc) is 3.31. The zero-order valence-corrected chi connectivity index (χ0v) is 14.3. The van der Waals surface area contributed by atoms with Crippen molar-refractivity contribution in [2.75, 3.05) is 0 Å². The lowest BCUT2D eigenvalue weighted by Crippen LogP contribution is -2.20. The van der Waals surface area contributed by atoms with Gasteiger partial charge in [0.2, 0.25) is 5.89 Å². The van der Waals surface area contributed by atoms with E-state index in [2.05, 4.69) is 34.6 Å². The molecular weight excluding hydrogens is 324 g/mol. The fourth-order valence-corrected chi connectivity index (χ4v) is 3.66. The van der Waals surface area contributed by atoms with Crippen LogP contribution in [0.4, 0.5) is 0 Å². The van der Waals surface area contributed by atoms with Gasteiger partial charge in [0.25, 0.3) is 0 Å². The third-order valence-corrected chi connectivity index (χ3v) is 5.25. The van der Waals surface area contributed by atoms with Crippen molar-refractivity contribution in [1.82, 2.24) is 10.3 Å². The van der Waals surface area contributed by atoms with Gasteiger partial charge in [0.15, 0.2) is 11.4 Å². The second kappa shape index (κ2) is 6.22. The van der Waals surface area contributed by atoms with Crippen molar-refractivity contribution in [1.29, 1.82) is 0 Å². The van der Waals surface area contributed by atoms with Crippen LogP contribution >= 0.6 is 0 Å². The Morgan fingerprint density at radius 2 is 1.77 bits per heavy atom. The predicted molar refractivity (Wildman–Crippen MR) is 99.4 cm³/mol. The summed E-state index contributed by atoms with van der Waals surface area (Å²) in [6, 6.07) is 17.2. The fourth-order valence-electron chi connectivity index (χ4n) is 3.66. The van der Waals surface area contributed by atoms with Crippen LogP contribution in [0, 0.1) is 11.8 Å². The summed E-state index contributed by atoms with van der Waals surface area (Å²) in [7, 11) is 0. The van der Waals surface area contributed by atoms with E-state index in [1.165, 1.54) is 12.8 Å². The van der Waals surface area contributed by atoms with Gasteiger partial charge in [0.05, 0.1) is 5.92 Å². The van der Waals surface area contributed by atoms with E-state index in [0.717, 1.165) is 11.1 Å². The Kier molecular flexibility index (Phi) is 3.71. The van der Waals surface area contributed by atoms with E-state index in [9.17, 15) is 4.79 Å². The highest BCUT2D eigenvalue weighted by atomic mass is 16.4. The number of oxazole rings is 1. The number of fused-ring (bicyclic) bond motifs is 1. The van der Waals surface area contributed by atoms with Gasteiger partial charge in [0, 0.05) is 6.04 Å². The molecule has 1 N–H and O–H groups in total. The third kappa shape index (κ3) is 2.76. The minimum atomic E-state index is -0.513. The minimum absolute atomic E-state index is 0.0567. The average molecular weight is 344 g/mol. The maximum absolute atomic E-state index is 13.2. The van der Waals surface area contributed by atoms with Crippen molar-refractivity contribution >= 4 is 16.9 Å². The van der Waals surface area contributed by atoms with E-state index < -0.39 is 6.04 Å². The molecule has 1 aromatic heterocycles. The van der Waals surface area contributed by atoms with Gasteiger partial charge in [-0.1, -0.05) is 54.6 Å². The number of carbonyl (C=O) groups is 1. The summed E-state index contributed by atoms with van der Waals surface area (Å²) >= 11 is 0. The zero-order valence-electron chi connectivity index (χ0n) is 14.3. The van der Waals surface area contributed by atoms with Crippen molar-refractivity contribution in [2.45, 2.75) is 24.9 Å². The first-order valence-electron chi connectivity index (χ1n) is 9.18. The number of allylic oxidation sites excluding steroid dienone is 1. The molecule has 0 radical (unpaired) electrons. The summed E-state index contributed by atoms with van der Waals surface area (Å²) in [5.74, 6) is 1.03. The summed E-state index contributed by atoms with van der Waals surface area (Å²) in [6.07, 6.45) is 6.76. The first-order valence-corrected chi connectivity index (χ1v) is 9.18. The summed E-state index contributed by atoms with van der Waals surface area (Å²) in [6.45, 7) is 0. The van der Waals surface area contributed by atoms with E-state index in [1.54, 1.807) is 0 Å². The second-order valence-corrected chi connectivity index (χ2v) is 7.16. The van der Waals surface area contributed by atoms with Crippen molar-refractivity contribution in [3.63, 3.8) is 0 Å². The predicted octanol–water partition coefficient (Wildman–Crippen LogP) is 4.36. The number of carbonyl (C=O) groups excluding carboxylic acids is 1. The molecule has 2 fully saturated rings. The number of hydrogen-bond donors (Lipinski definition) is 1. The molecule has 3 unspecified atom stereocenters. The summed E-state index contributed by atoms with van der Waals surface area (Å²) in [4.78, 5) is 17.7. The Labute approximate surface area is 151 Å². The van der Waals surface area contributed by atoms with E-state index in [-0.39, 0.29) is 17.7 Å². The van der Waals surface area contributed by atoms with Gasteiger partial charge in [-0.3, -0.25) is 10.1 Å². The largest absolute Gasteiger partial charge is 0.438 e. The van der Waals surface area contributed by atoms with Gasteiger partial charge >= 0.3 is 0 Å². The van der Waals surface area contributed by atoms with Crippen LogP contribution in [-0.2, 0) is 4.79 Å². The fraction of sp³-hybridized carbons (Fsp3) is 0.273. The highest BCUT2D eigenvalue weighted by Crippen LogP contribution is 2.39. The Balaban J connectivity index is 1.51. The summed E-state index contributed by atoms with van der Waals surface area (Å²) in [5.41, 5.74) is 2.61. The van der Waals surface area contributed by atoms with E-state index >= 15 is 0 Å². The molecule has 4 heteroatoms. The maximum Gasteiger partial charge on any atom is 0.220 e. The highest BCUT2D eigenvalue weighted by molar-refractivity contribution is 5.91. The van der Waals surface area contributed by atoms with Crippen LogP contribution in [0.15, 0.2) is 71.2 Å². The van der Waals surface area contributed by atoms with Crippen LogP contribution in [0.25, 0.3) is 11.1 Å². The van der Waals surface area contributed by atoms with Gasteiger partial charge in [-0.25, -0.2) is 4.98 Å². The number of Topliss-reactive ketones (excluding diaryl/α,β-unsaturated/α-hetero) is 1. The molecule has 1 saturated heterocycles. The summed E-state index contributed by atoms with van der Waals surface area (Å²) in [5, 5.41) is 3.47. The van der Waals surface area contributed by atoms with Crippen molar-refractivity contribution in [3.05, 3.63) is 78.2 Å². The van der Waals surface area contributed by atoms with Crippen LogP contribution in [0.2, 0.25) is 0 Å². The number of nitrogens with zero attached hydrogens (tertiary/aromatic N) is 1. The standard InChI is InChI=1S/C22H20N2O2/c25-21-16(13-12-14-10-11-14)19(15-6-2-1-3-7-15)24-20(21)22-23-17-8-4-5-9-18(17)26-22/h1-9,12-14,16,19-20,24H,10-11H2/b13-12+. The van der Waals surface area contributed by atoms with Crippen LogP contribution in [0.5, 0.6) is 0 Å².